The summed E-state index contributed by atoms with van der Waals surface area (Å²) in [5, 5.41) is 2.54. The summed E-state index contributed by atoms with van der Waals surface area (Å²) in [4.78, 5) is 15.4. The van der Waals surface area contributed by atoms with Gasteiger partial charge in [0, 0.05) is 36.9 Å². The highest BCUT2D eigenvalue weighted by Crippen LogP contribution is 2.62. The van der Waals surface area contributed by atoms with Gasteiger partial charge in [0.15, 0.2) is 17.5 Å². The van der Waals surface area contributed by atoms with Crippen LogP contribution >= 0.6 is 11.3 Å². The Kier molecular flexibility index (Phi) is 5.75. The molecule has 0 amide bonds. The van der Waals surface area contributed by atoms with Crippen LogP contribution in [0.1, 0.15) is 22.3 Å². The van der Waals surface area contributed by atoms with Crippen molar-refractivity contribution in [1.29, 1.82) is 0 Å². The third kappa shape index (κ3) is 3.77. The van der Waals surface area contributed by atoms with Gasteiger partial charge in [0.2, 0.25) is 0 Å². The molecule has 2 aromatic heterocycles. The molecule has 2 aliphatic rings. The van der Waals surface area contributed by atoms with Crippen molar-refractivity contribution in [2.45, 2.75) is 5.41 Å². The topological polar surface area (TPSA) is 38.7 Å². The molecule has 0 aliphatic heterocycles. The van der Waals surface area contributed by atoms with E-state index in [1.165, 1.54) is 64.7 Å². The zero-order valence-electron chi connectivity index (χ0n) is 26.8. The molecule has 0 saturated carbocycles. The van der Waals surface area contributed by atoms with E-state index in [0.29, 0.717) is 17.5 Å². The van der Waals surface area contributed by atoms with Gasteiger partial charge in [0.1, 0.15) is 0 Å². The molecule has 2 heterocycles. The fourth-order valence-corrected chi connectivity index (χ4v) is 9.60. The molecule has 2 aliphatic carbocycles. The monoisotopic (exact) mass is 653 g/mol. The van der Waals surface area contributed by atoms with E-state index in [4.69, 9.17) is 15.0 Å². The second-order valence-corrected chi connectivity index (χ2v) is 14.2. The highest BCUT2D eigenvalue weighted by molar-refractivity contribution is 7.25. The average Bonchev–Trinajstić information content (AvgIpc) is 3.81. The van der Waals surface area contributed by atoms with Gasteiger partial charge in [-0.1, -0.05) is 146 Å². The maximum Gasteiger partial charge on any atom is 0.164 e. The van der Waals surface area contributed by atoms with E-state index in [1.807, 2.05) is 18.2 Å². The largest absolute Gasteiger partial charge is 0.208 e. The van der Waals surface area contributed by atoms with Crippen molar-refractivity contribution in [3.8, 4) is 56.4 Å². The summed E-state index contributed by atoms with van der Waals surface area (Å²) in [5.74, 6) is 2.00. The molecule has 3 nitrogen and oxygen atoms in total. The van der Waals surface area contributed by atoms with Crippen molar-refractivity contribution in [2.75, 3.05) is 0 Å². The molecule has 7 aromatic carbocycles. The number of fused-ring (bicyclic) bond motifs is 13. The van der Waals surface area contributed by atoms with Gasteiger partial charge in [-0.25, -0.2) is 15.0 Å². The molecule has 50 heavy (non-hydrogen) atoms. The number of rotatable bonds is 3. The minimum atomic E-state index is -0.378. The predicted molar refractivity (Wildman–Crippen MR) is 205 cm³/mol. The number of nitrogens with zero attached hydrogens (tertiary/aromatic N) is 3. The molecule has 0 unspecified atom stereocenters. The van der Waals surface area contributed by atoms with Crippen molar-refractivity contribution in [3.05, 3.63) is 186 Å². The SMILES string of the molecule is c1ccc(-c2nc(-c3ccc4c(c3)-c3ccccc3C43c4ccccc4-c4ccccc43)nc(-c3ccc4c(c3)sc3ccccc34)n2)cc1. The van der Waals surface area contributed by atoms with Gasteiger partial charge in [-0.05, 0) is 62.7 Å². The van der Waals surface area contributed by atoms with E-state index in [-0.39, 0.29) is 5.41 Å². The second-order valence-electron chi connectivity index (χ2n) is 13.1. The summed E-state index contributed by atoms with van der Waals surface area (Å²) < 4.78 is 2.51. The molecular weight excluding hydrogens is 627 g/mol. The summed E-state index contributed by atoms with van der Waals surface area (Å²) in [6.45, 7) is 0. The fraction of sp³-hybridized carbons (Fsp3) is 0.0217. The van der Waals surface area contributed by atoms with Crippen molar-refractivity contribution in [2.24, 2.45) is 0 Å². The Labute approximate surface area is 293 Å². The summed E-state index contributed by atoms with van der Waals surface area (Å²) >= 11 is 1.81. The van der Waals surface area contributed by atoms with E-state index in [1.54, 1.807) is 11.3 Å². The van der Waals surface area contributed by atoms with Gasteiger partial charge in [-0.3, -0.25) is 0 Å². The predicted octanol–water partition coefficient (Wildman–Crippen LogP) is 11.6. The molecule has 0 bridgehead atoms. The molecule has 0 N–H and O–H groups in total. The molecule has 0 fully saturated rings. The maximum absolute atomic E-state index is 5.18. The molecule has 0 atom stereocenters. The van der Waals surface area contributed by atoms with Crippen molar-refractivity contribution in [3.63, 3.8) is 0 Å². The molecular formula is C46H27N3S. The highest BCUT2D eigenvalue weighted by atomic mass is 32.1. The lowest BCUT2D eigenvalue weighted by Crippen LogP contribution is -2.25. The Hall–Kier alpha value is -6.23. The van der Waals surface area contributed by atoms with E-state index >= 15 is 0 Å². The van der Waals surface area contributed by atoms with Crippen molar-refractivity contribution >= 4 is 31.5 Å². The van der Waals surface area contributed by atoms with Crippen LogP contribution in [-0.4, -0.2) is 15.0 Å². The summed E-state index contributed by atoms with van der Waals surface area (Å²) in [6.07, 6.45) is 0. The molecule has 4 heteroatoms. The molecule has 11 rings (SSSR count). The van der Waals surface area contributed by atoms with E-state index in [9.17, 15) is 0 Å². The highest BCUT2D eigenvalue weighted by Gasteiger charge is 2.51. The van der Waals surface area contributed by atoms with Gasteiger partial charge >= 0.3 is 0 Å². The average molecular weight is 654 g/mol. The molecule has 9 aromatic rings. The first-order valence-corrected chi connectivity index (χ1v) is 17.8. The minimum absolute atomic E-state index is 0.378. The molecule has 232 valence electrons. The van der Waals surface area contributed by atoms with E-state index in [0.717, 1.165) is 16.7 Å². The number of aromatic nitrogens is 3. The first-order chi connectivity index (χ1) is 24.8. The summed E-state index contributed by atoms with van der Waals surface area (Å²) in [7, 11) is 0. The van der Waals surface area contributed by atoms with Crippen LogP contribution in [0, 0.1) is 0 Å². The number of benzene rings is 7. The van der Waals surface area contributed by atoms with Crippen molar-refractivity contribution < 1.29 is 0 Å². The van der Waals surface area contributed by atoms with Crippen LogP contribution in [0.2, 0.25) is 0 Å². The third-order valence-electron chi connectivity index (χ3n) is 10.6. The molecule has 1 spiro atoms. The lowest BCUT2D eigenvalue weighted by molar-refractivity contribution is 0.794. The first kappa shape index (κ1) is 27.7. The molecule has 0 radical (unpaired) electrons. The Balaban J connectivity index is 1.13. The lowest BCUT2D eigenvalue weighted by Gasteiger charge is -2.30. The quantitative estimate of drug-likeness (QED) is 0.190. The van der Waals surface area contributed by atoms with Crippen molar-refractivity contribution in [1.82, 2.24) is 15.0 Å². The van der Waals surface area contributed by atoms with Crippen LogP contribution in [0.4, 0.5) is 0 Å². The zero-order chi connectivity index (χ0) is 32.8. The maximum atomic E-state index is 5.18. The van der Waals surface area contributed by atoms with Gasteiger partial charge in [0.05, 0.1) is 5.41 Å². The summed E-state index contributed by atoms with van der Waals surface area (Å²) in [5.41, 5.74) is 12.9. The second kappa shape index (κ2) is 10.4. The first-order valence-electron chi connectivity index (χ1n) is 16.9. The number of hydrogen-bond donors (Lipinski definition) is 0. The van der Waals surface area contributed by atoms with Crippen LogP contribution in [0.15, 0.2) is 164 Å². The smallest absolute Gasteiger partial charge is 0.164 e. The van der Waals surface area contributed by atoms with Crippen LogP contribution in [-0.2, 0) is 5.41 Å². The Bertz CT molecular complexity index is 2790. The van der Waals surface area contributed by atoms with Gasteiger partial charge < -0.3 is 0 Å². The zero-order valence-corrected chi connectivity index (χ0v) is 27.7. The van der Waals surface area contributed by atoms with Gasteiger partial charge in [0.25, 0.3) is 0 Å². The van der Waals surface area contributed by atoms with E-state index < -0.39 is 0 Å². The Morgan fingerprint density at radius 1 is 0.340 bits per heavy atom. The van der Waals surface area contributed by atoms with Crippen LogP contribution in [0.5, 0.6) is 0 Å². The number of hydrogen-bond acceptors (Lipinski definition) is 4. The third-order valence-corrected chi connectivity index (χ3v) is 11.7. The van der Waals surface area contributed by atoms with Gasteiger partial charge in [-0.15, -0.1) is 11.3 Å². The minimum Gasteiger partial charge on any atom is -0.208 e. The normalized spacial score (nSPS) is 13.4. The van der Waals surface area contributed by atoms with E-state index in [2.05, 4.69) is 146 Å². The van der Waals surface area contributed by atoms with Gasteiger partial charge in [-0.2, -0.15) is 0 Å². The Morgan fingerprint density at radius 3 is 1.50 bits per heavy atom. The molecule has 0 saturated heterocycles. The van der Waals surface area contributed by atoms with Crippen LogP contribution in [0.3, 0.4) is 0 Å². The Morgan fingerprint density at radius 2 is 0.820 bits per heavy atom. The summed E-state index contributed by atoms with van der Waals surface area (Å²) in [6, 6.07) is 58.9. The fourth-order valence-electron chi connectivity index (χ4n) is 8.45. The van der Waals surface area contributed by atoms with Crippen LogP contribution < -0.4 is 0 Å². The van der Waals surface area contributed by atoms with Crippen LogP contribution in [0.25, 0.3) is 76.6 Å². The number of thiophene rings is 1. The lowest BCUT2D eigenvalue weighted by atomic mass is 9.70. The standard InChI is InChI=1S/C46H27N3S/c1-2-12-28(13-3-1)43-47-44(49-45(48-43)30-22-24-35-34-17-7-11-21-41(34)50-42(35)27-30)29-23-25-40-36(26-29)33-16-6-10-20-39(33)46(40)37-18-8-4-14-31(37)32-15-5-9-19-38(32)46/h1-27H.